The van der Waals surface area contributed by atoms with Crippen molar-refractivity contribution in [2.24, 2.45) is 11.7 Å². The van der Waals surface area contributed by atoms with Gasteiger partial charge in [-0.25, -0.2) is 0 Å². The molecule has 2 amide bonds. The molecule has 0 radical (unpaired) electrons. The van der Waals surface area contributed by atoms with Crippen LogP contribution in [0.25, 0.3) is 0 Å². The van der Waals surface area contributed by atoms with Gasteiger partial charge < -0.3 is 11.1 Å². The molecule has 1 aromatic carbocycles. The summed E-state index contributed by atoms with van der Waals surface area (Å²) in [6, 6.07) is 10.3. The third kappa shape index (κ3) is 5.48. The molecule has 1 aliphatic rings. The molecular formula is C17H25N3O2. The Morgan fingerprint density at radius 2 is 2.05 bits per heavy atom. The second kappa shape index (κ2) is 8.54. The van der Waals surface area contributed by atoms with Crippen LogP contribution in [0.2, 0.25) is 0 Å². The molecule has 5 nitrogen and oxygen atoms in total. The van der Waals surface area contributed by atoms with Crippen LogP contribution in [0.15, 0.2) is 30.3 Å². The van der Waals surface area contributed by atoms with Crippen molar-refractivity contribution in [2.75, 3.05) is 26.2 Å². The van der Waals surface area contributed by atoms with Crippen molar-refractivity contribution in [3.63, 3.8) is 0 Å². The van der Waals surface area contributed by atoms with E-state index in [9.17, 15) is 9.59 Å². The number of nitrogens with two attached hydrogens (primary N) is 1. The number of nitrogens with zero attached hydrogens (tertiary/aromatic N) is 1. The van der Waals surface area contributed by atoms with Gasteiger partial charge in [0.1, 0.15) is 0 Å². The van der Waals surface area contributed by atoms with Crippen LogP contribution in [-0.2, 0) is 16.0 Å². The lowest BCUT2D eigenvalue weighted by Crippen LogP contribution is -2.45. The van der Waals surface area contributed by atoms with Crippen molar-refractivity contribution in [3.05, 3.63) is 35.9 Å². The number of aryl methyl sites for hydroxylation is 1. The van der Waals surface area contributed by atoms with Gasteiger partial charge in [0.2, 0.25) is 11.8 Å². The van der Waals surface area contributed by atoms with Gasteiger partial charge in [0, 0.05) is 13.1 Å². The molecule has 0 aliphatic carbocycles. The quantitative estimate of drug-likeness (QED) is 0.736. The van der Waals surface area contributed by atoms with Crippen LogP contribution in [0.4, 0.5) is 0 Å². The summed E-state index contributed by atoms with van der Waals surface area (Å²) in [6.45, 7) is 2.50. The van der Waals surface area contributed by atoms with Crippen LogP contribution in [0.3, 0.4) is 0 Å². The first-order valence-corrected chi connectivity index (χ1v) is 7.97. The van der Waals surface area contributed by atoms with Gasteiger partial charge in [-0.05, 0) is 37.8 Å². The Morgan fingerprint density at radius 3 is 2.77 bits per heavy atom. The molecule has 1 atom stereocenters. The van der Waals surface area contributed by atoms with Crippen LogP contribution in [0.5, 0.6) is 0 Å². The monoisotopic (exact) mass is 303 g/mol. The lowest BCUT2D eigenvalue weighted by molar-refractivity contribution is -0.126. The van der Waals surface area contributed by atoms with Gasteiger partial charge in [-0.1, -0.05) is 30.3 Å². The van der Waals surface area contributed by atoms with Crippen molar-refractivity contribution < 1.29 is 9.59 Å². The summed E-state index contributed by atoms with van der Waals surface area (Å²) in [5.74, 6) is -0.342. The van der Waals surface area contributed by atoms with Gasteiger partial charge in [0.15, 0.2) is 0 Å². The van der Waals surface area contributed by atoms with E-state index in [4.69, 9.17) is 5.73 Å². The molecule has 0 bridgehead atoms. The predicted molar refractivity (Wildman–Crippen MR) is 86.1 cm³/mol. The molecule has 0 aromatic heterocycles. The number of hydrogen-bond donors (Lipinski definition) is 2. The first-order valence-electron chi connectivity index (χ1n) is 7.97. The van der Waals surface area contributed by atoms with E-state index < -0.39 is 0 Å². The molecule has 120 valence electrons. The summed E-state index contributed by atoms with van der Waals surface area (Å²) in [5.41, 5.74) is 6.64. The Morgan fingerprint density at radius 1 is 1.27 bits per heavy atom. The molecule has 3 N–H and O–H groups in total. The normalized spacial score (nSPS) is 18.8. The number of nitrogens with one attached hydrogen (secondary N) is 1. The SMILES string of the molecule is NC(=O)[C@@H]1CCCN(CC(=O)NCCCc2ccccc2)C1. The van der Waals surface area contributed by atoms with E-state index in [0.717, 1.165) is 32.2 Å². The molecule has 0 saturated carbocycles. The molecule has 0 spiro atoms. The molecule has 2 rings (SSSR count). The first kappa shape index (κ1) is 16.5. The van der Waals surface area contributed by atoms with Gasteiger partial charge in [-0.15, -0.1) is 0 Å². The predicted octanol–water partition coefficient (Wildman–Crippen LogP) is 0.933. The average molecular weight is 303 g/mol. The summed E-state index contributed by atoms with van der Waals surface area (Å²) in [4.78, 5) is 25.2. The number of primary amides is 1. The molecule has 1 heterocycles. The highest BCUT2D eigenvalue weighted by Crippen LogP contribution is 2.15. The summed E-state index contributed by atoms with van der Waals surface area (Å²) < 4.78 is 0. The van der Waals surface area contributed by atoms with Gasteiger partial charge in [0.25, 0.3) is 0 Å². The molecule has 1 aromatic rings. The maximum absolute atomic E-state index is 11.9. The molecule has 1 aliphatic heterocycles. The zero-order chi connectivity index (χ0) is 15.8. The van der Waals surface area contributed by atoms with E-state index in [1.165, 1.54) is 5.56 Å². The number of benzene rings is 1. The summed E-state index contributed by atoms with van der Waals surface area (Å²) in [5, 5.41) is 2.95. The smallest absolute Gasteiger partial charge is 0.234 e. The highest BCUT2D eigenvalue weighted by molar-refractivity contribution is 5.79. The summed E-state index contributed by atoms with van der Waals surface area (Å²) in [6.07, 6.45) is 3.66. The molecule has 1 fully saturated rings. The zero-order valence-electron chi connectivity index (χ0n) is 13.0. The Hall–Kier alpha value is -1.88. The molecular weight excluding hydrogens is 278 g/mol. The fraction of sp³-hybridized carbons (Fsp3) is 0.529. The van der Waals surface area contributed by atoms with E-state index in [1.54, 1.807) is 0 Å². The topological polar surface area (TPSA) is 75.4 Å². The maximum atomic E-state index is 11.9. The molecule has 5 heteroatoms. The maximum Gasteiger partial charge on any atom is 0.234 e. The van der Waals surface area contributed by atoms with Gasteiger partial charge >= 0.3 is 0 Å². The number of hydrogen-bond acceptors (Lipinski definition) is 3. The van der Waals surface area contributed by atoms with Crippen molar-refractivity contribution >= 4 is 11.8 Å². The van der Waals surface area contributed by atoms with E-state index in [-0.39, 0.29) is 17.7 Å². The van der Waals surface area contributed by atoms with Crippen molar-refractivity contribution in [3.8, 4) is 0 Å². The van der Waals surface area contributed by atoms with Crippen LogP contribution in [0, 0.1) is 5.92 Å². The van der Waals surface area contributed by atoms with Crippen molar-refractivity contribution in [1.82, 2.24) is 10.2 Å². The van der Waals surface area contributed by atoms with E-state index in [1.807, 2.05) is 23.1 Å². The van der Waals surface area contributed by atoms with Crippen LogP contribution >= 0.6 is 0 Å². The van der Waals surface area contributed by atoms with Crippen LogP contribution in [0.1, 0.15) is 24.8 Å². The number of piperidine rings is 1. The minimum Gasteiger partial charge on any atom is -0.369 e. The molecule has 1 saturated heterocycles. The third-order valence-electron chi connectivity index (χ3n) is 4.08. The van der Waals surface area contributed by atoms with Gasteiger partial charge in [-0.2, -0.15) is 0 Å². The summed E-state index contributed by atoms with van der Waals surface area (Å²) >= 11 is 0. The third-order valence-corrected chi connectivity index (χ3v) is 4.08. The van der Waals surface area contributed by atoms with E-state index in [0.29, 0.717) is 19.6 Å². The second-order valence-electron chi connectivity index (χ2n) is 5.92. The standard InChI is InChI=1S/C17H25N3O2/c18-17(22)15-9-5-11-20(12-15)13-16(21)19-10-4-8-14-6-2-1-3-7-14/h1-3,6-7,15H,4-5,8-13H2,(H2,18,22)(H,19,21)/t15-/m1/s1. The Balaban J connectivity index is 1.62. The molecule has 22 heavy (non-hydrogen) atoms. The largest absolute Gasteiger partial charge is 0.369 e. The number of amides is 2. The zero-order valence-corrected chi connectivity index (χ0v) is 13.0. The highest BCUT2D eigenvalue weighted by atomic mass is 16.2. The Kier molecular flexibility index (Phi) is 6.40. The van der Waals surface area contributed by atoms with E-state index in [2.05, 4.69) is 17.4 Å². The first-order chi connectivity index (χ1) is 10.6. The minimum absolute atomic E-state index is 0.0261. The second-order valence-corrected chi connectivity index (χ2v) is 5.92. The Labute approximate surface area is 131 Å². The summed E-state index contributed by atoms with van der Waals surface area (Å²) in [7, 11) is 0. The van der Waals surface area contributed by atoms with E-state index >= 15 is 0 Å². The number of carbonyl (C=O) groups is 2. The lowest BCUT2D eigenvalue weighted by atomic mass is 9.97. The van der Waals surface area contributed by atoms with Crippen LogP contribution < -0.4 is 11.1 Å². The Bertz CT molecular complexity index is 490. The fourth-order valence-electron chi connectivity index (χ4n) is 2.86. The van der Waals surface area contributed by atoms with Gasteiger partial charge in [0.05, 0.1) is 12.5 Å². The lowest BCUT2D eigenvalue weighted by Gasteiger charge is -2.30. The fourth-order valence-corrected chi connectivity index (χ4v) is 2.86. The van der Waals surface area contributed by atoms with Gasteiger partial charge in [-0.3, -0.25) is 14.5 Å². The van der Waals surface area contributed by atoms with Crippen molar-refractivity contribution in [1.29, 1.82) is 0 Å². The highest BCUT2D eigenvalue weighted by Gasteiger charge is 2.24. The van der Waals surface area contributed by atoms with Crippen LogP contribution in [-0.4, -0.2) is 42.9 Å². The average Bonchev–Trinajstić information content (AvgIpc) is 2.53. The molecule has 0 unspecified atom stereocenters. The number of rotatable bonds is 7. The van der Waals surface area contributed by atoms with Crippen molar-refractivity contribution in [2.45, 2.75) is 25.7 Å². The number of carbonyl (C=O) groups excluding carboxylic acids is 2. The minimum atomic E-state index is -0.257. The number of likely N-dealkylation sites (tertiary alicyclic amines) is 1.